The van der Waals surface area contributed by atoms with Crippen LogP contribution in [0.3, 0.4) is 0 Å². The minimum atomic E-state index is 0.456. The van der Waals surface area contributed by atoms with Crippen LogP contribution in [0.25, 0.3) is 0 Å². The van der Waals surface area contributed by atoms with E-state index in [1.807, 2.05) is 0 Å². The molecule has 0 radical (unpaired) electrons. The Morgan fingerprint density at radius 3 is 2.80 bits per heavy atom. The molecule has 3 atom stereocenters. The number of nitrogens with two attached hydrogens (primary N) is 1. The van der Waals surface area contributed by atoms with Crippen LogP contribution in [0.4, 0.5) is 0 Å². The molecule has 10 heavy (non-hydrogen) atoms. The van der Waals surface area contributed by atoms with Gasteiger partial charge >= 0.3 is 0 Å². The third kappa shape index (κ3) is 0.731. The molecule has 0 aromatic rings. The van der Waals surface area contributed by atoms with Crippen molar-refractivity contribution in [3.8, 4) is 0 Å². The molecule has 0 spiro atoms. The van der Waals surface area contributed by atoms with Crippen molar-refractivity contribution in [2.75, 3.05) is 0 Å². The van der Waals surface area contributed by atoms with Gasteiger partial charge in [0.05, 0.1) is 0 Å². The molecule has 2 N–H and O–H groups in total. The van der Waals surface area contributed by atoms with Crippen molar-refractivity contribution in [3.63, 3.8) is 0 Å². The van der Waals surface area contributed by atoms with E-state index in [9.17, 15) is 0 Å². The molecule has 2 fully saturated rings. The summed E-state index contributed by atoms with van der Waals surface area (Å²) in [5, 5.41) is 0. The Balaban J connectivity index is 2.05. The largest absolute Gasteiger partial charge is 0.327 e. The summed E-state index contributed by atoms with van der Waals surface area (Å²) in [6.45, 7) is 2.19. The van der Waals surface area contributed by atoms with Gasteiger partial charge in [-0.25, -0.2) is 0 Å². The van der Waals surface area contributed by atoms with Crippen LogP contribution in [0.2, 0.25) is 0 Å². The Bertz CT molecular complexity index is 142. The van der Waals surface area contributed by atoms with Gasteiger partial charge in [-0.15, -0.1) is 0 Å². The average Bonchev–Trinajstić information content (AvgIpc) is 2.61. The minimum absolute atomic E-state index is 0.456. The fourth-order valence-electron chi connectivity index (χ4n) is 2.73. The van der Waals surface area contributed by atoms with Crippen molar-refractivity contribution < 1.29 is 0 Å². The maximum absolute atomic E-state index is 5.94. The van der Waals surface area contributed by atoms with E-state index in [-0.39, 0.29) is 0 Å². The van der Waals surface area contributed by atoms with Crippen LogP contribution in [0.15, 0.2) is 0 Å². The first-order chi connectivity index (χ1) is 4.76. The van der Waals surface area contributed by atoms with E-state index in [1.165, 1.54) is 32.1 Å². The number of hydrogen-bond acceptors (Lipinski definition) is 1. The molecule has 0 saturated heterocycles. The third-order valence-electron chi connectivity index (χ3n) is 3.63. The Labute approximate surface area is 63.0 Å². The molecule has 0 aromatic heterocycles. The monoisotopic (exact) mass is 139 g/mol. The van der Waals surface area contributed by atoms with Crippen LogP contribution in [0.5, 0.6) is 0 Å². The van der Waals surface area contributed by atoms with Crippen molar-refractivity contribution in [1.29, 1.82) is 0 Å². The molecule has 0 bridgehead atoms. The van der Waals surface area contributed by atoms with Crippen molar-refractivity contribution >= 4 is 0 Å². The van der Waals surface area contributed by atoms with Crippen LogP contribution in [0.1, 0.15) is 39.0 Å². The maximum atomic E-state index is 5.94. The van der Waals surface area contributed by atoms with E-state index < -0.39 is 0 Å². The second kappa shape index (κ2) is 1.97. The third-order valence-corrected chi connectivity index (χ3v) is 3.63. The highest BCUT2D eigenvalue weighted by molar-refractivity contribution is 5.08. The first-order valence-electron chi connectivity index (χ1n) is 4.51. The molecular formula is C9H17N. The van der Waals surface area contributed by atoms with Gasteiger partial charge in [-0.1, -0.05) is 12.8 Å². The van der Waals surface area contributed by atoms with Gasteiger partial charge in [0, 0.05) is 6.04 Å². The number of fused-ring (bicyclic) bond motifs is 1. The summed E-state index contributed by atoms with van der Waals surface area (Å²) < 4.78 is 0. The highest BCUT2D eigenvalue weighted by atomic mass is 14.8. The molecule has 1 heteroatoms. The summed E-state index contributed by atoms with van der Waals surface area (Å²) in [4.78, 5) is 0. The summed E-state index contributed by atoms with van der Waals surface area (Å²) >= 11 is 0. The lowest BCUT2D eigenvalue weighted by molar-refractivity contribution is 0.292. The van der Waals surface area contributed by atoms with Crippen LogP contribution in [-0.4, -0.2) is 6.04 Å². The van der Waals surface area contributed by atoms with Gasteiger partial charge in [0.15, 0.2) is 0 Å². The molecule has 0 heterocycles. The minimum Gasteiger partial charge on any atom is -0.327 e. The lowest BCUT2D eigenvalue weighted by Gasteiger charge is -2.25. The van der Waals surface area contributed by atoms with Gasteiger partial charge in [-0.05, 0) is 37.5 Å². The average molecular weight is 139 g/mol. The van der Waals surface area contributed by atoms with E-state index in [4.69, 9.17) is 5.73 Å². The quantitative estimate of drug-likeness (QED) is 0.590. The van der Waals surface area contributed by atoms with Gasteiger partial charge < -0.3 is 5.73 Å². The summed E-state index contributed by atoms with van der Waals surface area (Å²) in [6.07, 6.45) is 7.19. The SMILES string of the molecule is C[C@H](N)[C@@]12CCCC[C@H]1C2. The summed E-state index contributed by atoms with van der Waals surface area (Å²) in [6, 6.07) is 0.456. The molecule has 0 aliphatic heterocycles. The first kappa shape index (κ1) is 6.66. The van der Waals surface area contributed by atoms with Crippen molar-refractivity contribution in [3.05, 3.63) is 0 Å². The molecular weight excluding hydrogens is 122 g/mol. The highest BCUT2D eigenvalue weighted by Gasteiger charge is 2.56. The van der Waals surface area contributed by atoms with Gasteiger partial charge in [-0.3, -0.25) is 0 Å². The maximum Gasteiger partial charge on any atom is 0.00697 e. The highest BCUT2D eigenvalue weighted by Crippen LogP contribution is 2.62. The Kier molecular flexibility index (Phi) is 1.31. The smallest absolute Gasteiger partial charge is 0.00697 e. The molecule has 2 saturated carbocycles. The number of rotatable bonds is 1. The zero-order valence-corrected chi connectivity index (χ0v) is 6.77. The van der Waals surface area contributed by atoms with Crippen LogP contribution < -0.4 is 5.73 Å². The fourth-order valence-corrected chi connectivity index (χ4v) is 2.73. The molecule has 2 aliphatic carbocycles. The van der Waals surface area contributed by atoms with Crippen molar-refractivity contribution in [2.45, 2.75) is 45.1 Å². The topological polar surface area (TPSA) is 26.0 Å². The van der Waals surface area contributed by atoms with Gasteiger partial charge in [0.2, 0.25) is 0 Å². The van der Waals surface area contributed by atoms with Crippen molar-refractivity contribution in [2.24, 2.45) is 17.1 Å². The van der Waals surface area contributed by atoms with Gasteiger partial charge in [0.1, 0.15) is 0 Å². The van der Waals surface area contributed by atoms with E-state index in [1.54, 1.807) is 0 Å². The Hall–Kier alpha value is -0.0400. The molecule has 0 aromatic carbocycles. The molecule has 0 amide bonds. The molecule has 1 nitrogen and oxygen atoms in total. The standard InChI is InChI=1S/C9H17N/c1-7(10)9-5-3-2-4-8(9)6-9/h7-8H,2-6,10H2,1H3/t7-,8-,9-/m0/s1. The van der Waals surface area contributed by atoms with Crippen LogP contribution in [-0.2, 0) is 0 Å². The lowest BCUT2D eigenvalue weighted by atomic mass is 9.84. The molecule has 2 rings (SSSR count). The predicted octanol–water partition coefficient (Wildman–Crippen LogP) is 1.91. The molecule has 0 unspecified atom stereocenters. The van der Waals surface area contributed by atoms with Crippen LogP contribution >= 0.6 is 0 Å². The second-order valence-corrected chi connectivity index (χ2v) is 4.17. The second-order valence-electron chi connectivity index (χ2n) is 4.17. The van der Waals surface area contributed by atoms with Crippen LogP contribution in [0, 0.1) is 11.3 Å². The lowest BCUT2D eigenvalue weighted by Crippen LogP contribution is -2.31. The fraction of sp³-hybridized carbons (Fsp3) is 1.00. The number of hydrogen-bond donors (Lipinski definition) is 1. The van der Waals surface area contributed by atoms with Gasteiger partial charge in [0.25, 0.3) is 0 Å². The summed E-state index contributed by atoms with van der Waals surface area (Å²) in [7, 11) is 0. The van der Waals surface area contributed by atoms with E-state index >= 15 is 0 Å². The zero-order valence-electron chi connectivity index (χ0n) is 6.77. The summed E-state index contributed by atoms with van der Waals surface area (Å²) in [5.74, 6) is 1.02. The van der Waals surface area contributed by atoms with E-state index in [2.05, 4.69) is 6.92 Å². The summed E-state index contributed by atoms with van der Waals surface area (Å²) in [5.41, 5.74) is 6.57. The first-order valence-corrected chi connectivity index (χ1v) is 4.51. The van der Waals surface area contributed by atoms with E-state index in [0.29, 0.717) is 11.5 Å². The Morgan fingerprint density at radius 1 is 1.50 bits per heavy atom. The van der Waals surface area contributed by atoms with Gasteiger partial charge in [-0.2, -0.15) is 0 Å². The predicted molar refractivity (Wildman–Crippen MR) is 42.7 cm³/mol. The molecule has 58 valence electrons. The molecule has 2 aliphatic rings. The van der Waals surface area contributed by atoms with E-state index in [0.717, 1.165) is 5.92 Å². The normalized spacial score (nSPS) is 48.0. The Morgan fingerprint density at radius 2 is 2.30 bits per heavy atom. The zero-order chi connectivity index (χ0) is 7.19. The van der Waals surface area contributed by atoms with Crippen molar-refractivity contribution in [1.82, 2.24) is 0 Å².